The summed E-state index contributed by atoms with van der Waals surface area (Å²) in [6.45, 7) is 2.79. The van der Waals surface area contributed by atoms with Gasteiger partial charge in [-0.05, 0) is 42.2 Å². The molecule has 4 heteroatoms. The van der Waals surface area contributed by atoms with Crippen molar-refractivity contribution in [2.45, 2.75) is 25.9 Å². The van der Waals surface area contributed by atoms with Crippen LogP contribution in [0.4, 0.5) is 5.69 Å². The van der Waals surface area contributed by atoms with Gasteiger partial charge in [-0.1, -0.05) is 36.4 Å². The van der Waals surface area contributed by atoms with Crippen molar-refractivity contribution in [2.75, 3.05) is 5.32 Å². The van der Waals surface area contributed by atoms with E-state index in [2.05, 4.69) is 24.4 Å². The van der Waals surface area contributed by atoms with Crippen molar-refractivity contribution in [2.24, 2.45) is 5.73 Å². The lowest BCUT2D eigenvalue weighted by Gasteiger charge is -2.09. The summed E-state index contributed by atoms with van der Waals surface area (Å²) in [5, 5.41) is 12.2. The number of aliphatic carboxylic acids is 1. The summed E-state index contributed by atoms with van der Waals surface area (Å²) < 4.78 is 0. The highest BCUT2D eigenvalue weighted by molar-refractivity contribution is 5.73. The van der Waals surface area contributed by atoms with Crippen molar-refractivity contribution >= 4 is 11.7 Å². The summed E-state index contributed by atoms with van der Waals surface area (Å²) in [6, 6.07) is 15.2. The molecule has 0 aliphatic carbocycles. The van der Waals surface area contributed by atoms with E-state index in [0.29, 0.717) is 6.42 Å². The molecule has 0 saturated carbocycles. The first-order valence-electron chi connectivity index (χ1n) is 6.91. The zero-order chi connectivity index (χ0) is 15.2. The van der Waals surface area contributed by atoms with Crippen LogP contribution in [0.2, 0.25) is 0 Å². The summed E-state index contributed by atoms with van der Waals surface area (Å²) in [7, 11) is 0. The number of hydrogen-bond donors (Lipinski definition) is 3. The van der Waals surface area contributed by atoms with Crippen LogP contribution in [-0.2, 0) is 17.8 Å². The maximum atomic E-state index is 10.7. The average Bonchev–Trinajstić information content (AvgIpc) is 2.46. The molecule has 0 radical (unpaired) electrons. The van der Waals surface area contributed by atoms with E-state index >= 15 is 0 Å². The summed E-state index contributed by atoms with van der Waals surface area (Å²) in [6.07, 6.45) is 0.348. The smallest absolute Gasteiger partial charge is 0.320 e. The topological polar surface area (TPSA) is 75.3 Å². The summed E-state index contributed by atoms with van der Waals surface area (Å²) in [5.74, 6) is -0.972. The number of anilines is 1. The number of carbonyl (C=O) groups is 1. The second-order valence-electron chi connectivity index (χ2n) is 5.19. The Morgan fingerprint density at radius 2 is 1.86 bits per heavy atom. The van der Waals surface area contributed by atoms with E-state index in [1.165, 1.54) is 5.56 Å². The molecule has 1 atom stereocenters. The monoisotopic (exact) mass is 284 g/mol. The molecule has 0 aromatic heterocycles. The molecule has 2 rings (SSSR count). The van der Waals surface area contributed by atoms with Crippen molar-refractivity contribution in [3.8, 4) is 0 Å². The van der Waals surface area contributed by atoms with Crippen LogP contribution in [0, 0.1) is 6.92 Å². The highest BCUT2D eigenvalue weighted by Gasteiger charge is 2.11. The van der Waals surface area contributed by atoms with Gasteiger partial charge < -0.3 is 16.2 Å². The Morgan fingerprint density at radius 1 is 1.19 bits per heavy atom. The zero-order valence-electron chi connectivity index (χ0n) is 12.0. The number of benzene rings is 2. The Kier molecular flexibility index (Phi) is 4.95. The third-order valence-electron chi connectivity index (χ3n) is 3.31. The van der Waals surface area contributed by atoms with Gasteiger partial charge in [-0.25, -0.2) is 0 Å². The molecule has 0 fully saturated rings. The Bertz CT molecular complexity index is 608. The third kappa shape index (κ3) is 4.61. The normalized spacial score (nSPS) is 11.9. The van der Waals surface area contributed by atoms with Crippen molar-refractivity contribution in [3.05, 3.63) is 65.2 Å². The fourth-order valence-corrected chi connectivity index (χ4v) is 2.09. The number of hydrogen-bond acceptors (Lipinski definition) is 3. The van der Waals surface area contributed by atoms with E-state index < -0.39 is 12.0 Å². The van der Waals surface area contributed by atoms with Gasteiger partial charge in [0, 0.05) is 12.2 Å². The maximum Gasteiger partial charge on any atom is 0.320 e. The van der Waals surface area contributed by atoms with E-state index in [1.807, 2.05) is 36.4 Å². The van der Waals surface area contributed by atoms with Crippen LogP contribution in [0.3, 0.4) is 0 Å². The van der Waals surface area contributed by atoms with E-state index in [4.69, 9.17) is 10.8 Å². The van der Waals surface area contributed by atoms with E-state index in [9.17, 15) is 4.79 Å². The standard InChI is InChI=1S/C17H20N2O2/c1-12-3-2-4-15(9-12)19-11-14-7-5-13(6-8-14)10-16(18)17(20)21/h2-9,16,19H,10-11,18H2,1H3,(H,20,21)/t16-/m0/s1. The van der Waals surface area contributed by atoms with Gasteiger partial charge in [-0.3, -0.25) is 4.79 Å². The summed E-state index contributed by atoms with van der Waals surface area (Å²) in [5.41, 5.74) is 9.91. The molecular weight excluding hydrogens is 264 g/mol. The first kappa shape index (κ1) is 15.1. The van der Waals surface area contributed by atoms with E-state index in [-0.39, 0.29) is 0 Å². The third-order valence-corrected chi connectivity index (χ3v) is 3.31. The Balaban J connectivity index is 1.92. The predicted molar refractivity (Wildman–Crippen MR) is 84.3 cm³/mol. The van der Waals surface area contributed by atoms with Crippen molar-refractivity contribution < 1.29 is 9.90 Å². The minimum Gasteiger partial charge on any atom is -0.480 e. The Hall–Kier alpha value is -2.33. The summed E-state index contributed by atoms with van der Waals surface area (Å²) >= 11 is 0. The first-order chi connectivity index (χ1) is 10.0. The molecule has 0 unspecified atom stereocenters. The van der Waals surface area contributed by atoms with Crippen molar-refractivity contribution in [3.63, 3.8) is 0 Å². The lowest BCUT2D eigenvalue weighted by Crippen LogP contribution is -2.32. The number of aryl methyl sites for hydroxylation is 1. The Morgan fingerprint density at radius 3 is 2.48 bits per heavy atom. The van der Waals surface area contributed by atoms with Crippen LogP contribution in [0.1, 0.15) is 16.7 Å². The van der Waals surface area contributed by atoms with E-state index in [0.717, 1.165) is 23.4 Å². The highest BCUT2D eigenvalue weighted by Crippen LogP contribution is 2.12. The maximum absolute atomic E-state index is 10.7. The van der Waals surface area contributed by atoms with Crippen LogP contribution < -0.4 is 11.1 Å². The summed E-state index contributed by atoms with van der Waals surface area (Å²) in [4.78, 5) is 10.7. The predicted octanol–water partition coefficient (Wildman–Crippen LogP) is 2.56. The zero-order valence-corrected chi connectivity index (χ0v) is 12.0. The second-order valence-corrected chi connectivity index (χ2v) is 5.19. The van der Waals surface area contributed by atoms with Crippen LogP contribution in [0.5, 0.6) is 0 Å². The fourth-order valence-electron chi connectivity index (χ4n) is 2.09. The molecule has 0 aliphatic rings. The molecule has 2 aromatic carbocycles. The molecule has 110 valence electrons. The number of carboxylic acid groups (broad SMARTS) is 1. The van der Waals surface area contributed by atoms with Gasteiger partial charge in [-0.2, -0.15) is 0 Å². The molecule has 0 saturated heterocycles. The average molecular weight is 284 g/mol. The fraction of sp³-hybridized carbons (Fsp3) is 0.235. The van der Waals surface area contributed by atoms with Gasteiger partial charge in [-0.15, -0.1) is 0 Å². The number of rotatable bonds is 6. The van der Waals surface area contributed by atoms with Crippen LogP contribution in [-0.4, -0.2) is 17.1 Å². The van der Waals surface area contributed by atoms with Gasteiger partial charge in [0.05, 0.1) is 0 Å². The molecule has 21 heavy (non-hydrogen) atoms. The molecule has 0 amide bonds. The van der Waals surface area contributed by atoms with Crippen LogP contribution >= 0.6 is 0 Å². The van der Waals surface area contributed by atoms with Gasteiger partial charge in [0.1, 0.15) is 6.04 Å². The van der Waals surface area contributed by atoms with Crippen molar-refractivity contribution in [1.82, 2.24) is 0 Å². The lowest BCUT2D eigenvalue weighted by molar-refractivity contribution is -0.138. The number of carboxylic acids is 1. The molecule has 0 spiro atoms. The molecule has 0 heterocycles. The molecular formula is C17H20N2O2. The minimum absolute atomic E-state index is 0.348. The molecule has 2 aromatic rings. The Labute approximate surface area is 124 Å². The van der Waals surface area contributed by atoms with Gasteiger partial charge in [0.15, 0.2) is 0 Å². The largest absolute Gasteiger partial charge is 0.480 e. The molecule has 4 nitrogen and oxygen atoms in total. The SMILES string of the molecule is Cc1cccc(NCc2ccc(C[C@H](N)C(=O)O)cc2)c1. The van der Waals surface area contributed by atoms with Gasteiger partial charge in [0.2, 0.25) is 0 Å². The second kappa shape index (κ2) is 6.90. The van der Waals surface area contributed by atoms with Crippen LogP contribution in [0.25, 0.3) is 0 Å². The number of nitrogens with one attached hydrogen (secondary N) is 1. The molecule has 4 N–H and O–H groups in total. The number of nitrogens with two attached hydrogens (primary N) is 1. The molecule has 0 bridgehead atoms. The quantitative estimate of drug-likeness (QED) is 0.762. The minimum atomic E-state index is -0.972. The van der Waals surface area contributed by atoms with Crippen molar-refractivity contribution in [1.29, 1.82) is 0 Å². The highest BCUT2D eigenvalue weighted by atomic mass is 16.4. The lowest BCUT2D eigenvalue weighted by atomic mass is 10.0. The van der Waals surface area contributed by atoms with Crippen LogP contribution in [0.15, 0.2) is 48.5 Å². The van der Waals surface area contributed by atoms with E-state index in [1.54, 1.807) is 0 Å². The van der Waals surface area contributed by atoms with Gasteiger partial charge >= 0.3 is 5.97 Å². The first-order valence-corrected chi connectivity index (χ1v) is 6.91. The molecule has 0 aliphatic heterocycles. The van der Waals surface area contributed by atoms with Gasteiger partial charge in [0.25, 0.3) is 0 Å².